The van der Waals surface area contributed by atoms with Crippen LogP contribution in [0.4, 0.5) is 10.5 Å². The molecule has 0 bridgehead atoms. The van der Waals surface area contributed by atoms with E-state index in [1.54, 1.807) is 36.4 Å². The second-order valence-corrected chi connectivity index (χ2v) is 4.88. The Morgan fingerprint density at radius 3 is 2.38 bits per heavy atom. The molecule has 21 heavy (non-hydrogen) atoms. The number of halogens is 1. The van der Waals surface area contributed by atoms with Gasteiger partial charge < -0.3 is 10.6 Å². The molecule has 2 aromatic carbocycles. The molecule has 0 aliphatic heterocycles. The number of hydrogen-bond acceptors (Lipinski definition) is 2. The molecule has 4 nitrogen and oxygen atoms in total. The number of carbonyl (C=O) groups is 1. The molecule has 106 valence electrons. The van der Waals surface area contributed by atoms with Gasteiger partial charge in [-0.3, -0.25) is 0 Å². The molecule has 0 saturated carbocycles. The van der Waals surface area contributed by atoms with Crippen molar-refractivity contribution in [1.82, 2.24) is 5.32 Å². The minimum Gasteiger partial charge on any atom is -0.338 e. The first-order chi connectivity index (χ1) is 10.2. The van der Waals surface area contributed by atoms with Crippen molar-refractivity contribution in [2.75, 3.05) is 11.9 Å². The molecule has 0 aliphatic rings. The molecule has 0 heterocycles. The predicted molar refractivity (Wildman–Crippen MR) is 83.3 cm³/mol. The molecule has 2 N–H and O–H groups in total. The van der Waals surface area contributed by atoms with E-state index in [1.807, 2.05) is 12.1 Å². The zero-order valence-electron chi connectivity index (χ0n) is 11.3. The molecule has 2 rings (SSSR count). The number of amides is 2. The number of nitrogens with zero attached hydrogens (tertiary/aromatic N) is 1. The fourth-order valence-electron chi connectivity index (χ4n) is 1.77. The number of hydrogen-bond donors (Lipinski definition) is 2. The van der Waals surface area contributed by atoms with E-state index in [2.05, 4.69) is 16.7 Å². The van der Waals surface area contributed by atoms with Crippen LogP contribution >= 0.6 is 11.6 Å². The molecular formula is C16H14ClN3O. The Bertz CT molecular complexity index is 645. The van der Waals surface area contributed by atoms with Crippen LogP contribution in [-0.2, 0) is 6.42 Å². The molecule has 0 spiro atoms. The predicted octanol–water partition coefficient (Wildman–Crippen LogP) is 3.58. The van der Waals surface area contributed by atoms with E-state index in [1.165, 1.54) is 0 Å². The smallest absolute Gasteiger partial charge is 0.319 e. The molecule has 0 aromatic heterocycles. The lowest BCUT2D eigenvalue weighted by molar-refractivity contribution is 0.252. The standard InChI is InChI=1S/C16H14ClN3O/c17-14-5-7-15(8-6-14)20-16(21)19-10-9-12-1-3-13(11-18)4-2-12/h1-8H,9-10H2,(H2,19,20,21). The molecular weight excluding hydrogens is 286 g/mol. The topological polar surface area (TPSA) is 64.9 Å². The van der Waals surface area contributed by atoms with Gasteiger partial charge in [0.05, 0.1) is 11.6 Å². The van der Waals surface area contributed by atoms with Crippen molar-refractivity contribution < 1.29 is 4.79 Å². The normalized spacial score (nSPS) is 9.71. The number of anilines is 1. The summed E-state index contributed by atoms with van der Waals surface area (Å²) >= 11 is 5.77. The summed E-state index contributed by atoms with van der Waals surface area (Å²) in [7, 11) is 0. The average Bonchev–Trinajstić information content (AvgIpc) is 2.50. The van der Waals surface area contributed by atoms with Crippen LogP contribution < -0.4 is 10.6 Å². The lowest BCUT2D eigenvalue weighted by Crippen LogP contribution is -2.30. The maximum absolute atomic E-state index is 11.7. The lowest BCUT2D eigenvalue weighted by atomic mass is 10.1. The number of carbonyl (C=O) groups excluding carboxylic acids is 1. The minimum atomic E-state index is -0.258. The minimum absolute atomic E-state index is 0.258. The highest BCUT2D eigenvalue weighted by atomic mass is 35.5. The van der Waals surface area contributed by atoms with Crippen molar-refractivity contribution in [3.63, 3.8) is 0 Å². The Kier molecular flexibility index (Phi) is 5.19. The first-order valence-electron chi connectivity index (χ1n) is 6.47. The molecule has 5 heteroatoms. The number of nitriles is 1. The molecule has 0 fully saturated rings. The van der Waals surface area contributed by atoms with Crippen LogP contribution in [0.1, 0.15) is 11.1 Å². The Labute approximate surface area is 128 Å². The molecule has 2 aromatic rings. The highest BCUT2D eigenvalue weighted by molar-refractivity contribution is 6.30. The fraction of sp³-hybridized carbons (Fsp3) is 0.125. The second kappa shape index (κ2) is 7.32. The van der Waals surface area contributed by atoms with Crippen LogP contribution in [-0.4, -0.2) is 12.6 Å². The van der Waals surface area contributed by atoms with Crippen molar-refractivity contribution in [3.05, 3.63) is 64.7 Å². The van der Waals surface area contributed by atoms with E-state index in [4.69, 9.17) is 16.9 Å². The average molecular weight is 300 g/mol. The SMILES string of the molecule is N#Cc1ccc(CCNC(=O)Nc2ccc(Cl)cc2)cc1. The second-order valence-electron chi connectivity index (χ2n) is 4.45. The number of rotatable bonds is 4. The van der Waals surface area contributed by atoms with Gasteiger partial charge in [-0.1, -0.05) is 23.7 Å². The molecule has 0 atom stereocenters. The quantitative estimate of drug-likeness (QED) is 0.906. The molecule has 0 unspecified atom stereocenters. The molecule has 0 saturated heterocycles. The maximum Gasteiger partial charge on any atom is 0.319 e. The monoisotopic (exact) mass is 299 g/mol. The van der Waals surface area contributed by atoms with E-state index in [-0.39, 0.29) is 6.03 Å². The summed E-state index contributed by atoms with van der Waals surface area (Å²) < 4.78 is 0. The van der Waals surface area contributed by atoms with E-state index >= 15 is 0 Å². The zero-order valence-corrected chi connectivity index (χ0v) is 12.0. The third kappa shape index (κ3) is 4.83. The summed E-state index contributed by atoms with van der Waals surface area (Å²) in [5, 5.41) is 14.8. The van der Waals surface area contributed by atoms with Gasteiger partial charge in [-0.2, -0.15) is 5.26 Å². The van der Waals surface area contributed by atoms with Crippen LogP contribution in [0.2, 0.25) is 5.02 Å². The van der Waals surface area contributed by atoms with Crippen molar-refractivity contribution in [1.29, 1.82) is 5.26 Å². The van der Waals surface area contributed by atoms with Gasteiger partial charge in [-0.15, -0.1) is 0 Å². The molecule has 2 amide bonds. The maximum atomic E-state index is 11.7. The van der Waals surface area contributed by atoms with E-state index in [9.17, 15) is 4.79 Å². The third-order valence-electron chi connectivity index (χ3n) is 2.88. The van der Waals surface area contributed by atoms with E-state index < -0.39 is 0 Å². The summed E-state index contributed by atoms with van der Waals surface area (Å²) in [4.78, 5) is 11.7. The first-order valence-corrected chi connectivity index (χ1v) is 6.84. The van der Waals surface area contributed by atoms with Crippen LogP contribution in [0.5, 0.6) is 0 Å². The van der Waals surface area contributed by atoms with E-state index in [0.717, 1.165) is 5.56 Å². The Balaban J connectivity index is 1.76. The summed E-state index contributed by atoms with van der Waals surface area (Å²) in [6.07, 6.45) is 0.708. The molecule has 0 aliphatic carbocycles. The summed E-state index contributed by atoms with van der Waals surface area (Å²) in [5.41, 5.74) is 2.39. The first kappa shape index (κ1) is 14.9. The van der Waals surface area contributed by atoms with Gasteiger partial charge in [0.25, 0.3) is 0 Å². The van der Waals surface area contributed by atoms with Gasteiger partial charge in [0, 0.05) is 17.3 Å². The number of nitrogens with one attached hydrogen (secondary N) is 2. The van der Waals surface area contributed by atoms with Gasteiger partial charge >= 0.3 is 6.03 Å². The Morgan fingerprint density at radius 2 is 1.76 bits per heavy atom. The fourth-order valence-corrected chi connectivity index (χ4v) is 1.90. The number of benzene rings is 2. The highest BCUT2D eigenvalue weighted by Crippen LogP contribution is 2.13. The third-order valence-corrected chi connectivity index (χ3v) is 3.14. The van der Waals surface area contributed by atoms with Crippen LogP contribution in [0, 0.1) is 11.3 Å². The van der Waals surface area contributed by atoms with Crippen molar-refractivity contribution >= 4 is 23.3 Å². The lowest BCUT2D eigenvalue weighted by Gasteiger charge is -2.07. The van der Waals surface area contributed by atoms with Gasteiger partial charge in [-0.25, -0.2) is 4.79 Å². The van der Waals surface area contributed by atoms with E-state index in [0.29, 0.717) is 29.2 Å². The van der Waals surface area contributed by atoms with Gasteiger partial charge in [0.1, 0.15) is 0 Å². The Morgan fingerprint density at radius 1 is 1.10 bits per heavy atom. The van der Waals surface area contributed by atoms with Crippen LogP contribution in [0.25, 0.3) is 0 Å². The highest BCUT2D eigenvalue weighted by Gasteiger charge is 2.01. The summed E-state index contributed by atoms with van der Waals surface area (Å²) in [6.45, 7) is 0.519. The summed E-state index contributed by atoms with van der Waals surface area (Å²) in [5.74, 6) is 0. The number of urea groups is 1. The van der Waals surface area contributed by atoms with Gasteiger partial charge in [0.15, 0.2) is 0 Å². The van der Waals surface area contributed by atoms with Gasteiger partial charge in [-0.05, 0) is 48.4 Å². The Hall–Kier alpha value is -2.51. The van der Waals surface area contributed by atoms with Crippen molar-refractivity contribution in [3.8, 4) is 6.07 Å². The largest absolute Gasteiger partial charge is 0.338 e. The zero-order chi connectivity index (χ0) is 15.1. The van der Waals surface area contributed by atoms with Crippen LogP contribution in [0.3, 0.4) is 0 Å². The van der Waals surface area contributed by atoms with Gasteiger partial charge in [0.2, 0.25) is 0 Å². The molecule has 0 radical (unpaired) electrons. The van der Waals surface area contributed by atoms with Crippen molar-refractivity contribution in [2.24, 2.45) is 0 Å². The summed E-state index contributed by atoms with van der Waals surface area (Å²) in [6, 6.07) is 16.0. The van der Waals surface area contributed by atoms with Crippen molar-refractivity contribution in [2.45, 2.75) is 6.42 Å². The van der Waals surface area contributed by atoms with Crippen LogP contribution in [0.15, 0.2) is 48.5 Å².